The Labute approximate surface area is 123 Å². The van der Waals surface area contributed by atoms with Crippen LogP contribution in [0.2, 0.25) is 0 Å². The van der Waals surface area contributed by atoms with Crippen molar-refractivity contribution in [2.45, 2.75) is 25.9 Å². The van der Waals surface area contributed by atoms with Gasteiger partial charge in [-0.2, -0.15) is 0 Å². The molecule has 0 atom stereocenters. The smallest absolute Gasteiger partial charge is 0.230 e. The Hall–Kier alpha value is -1.52. The number of fused-ring (bicyclic) bond motifs is 1. The van der Waals surface area contributed by atoms with Crippen LogP contribution >= 0.6 is 11.6 Å². The van der Waals surface area contributed by atoms with E-state index in [4.69, 9.17) is 16.3 Å². The lowest BCUT2D eigenvalue weighted by Crippen LogP contribution is -2.25. The minimum absolute atomic E-state index is 0.0125. The fraction of sp³-hybridized carbons (Fsp3) is 0.400. The van der Waals surface area contributed by atoms with Gasteiger partial charge < -0.3 is 14.7 Å². The van der Waals surface area contributed by atoms with Gasteiger partial charge in [0.15, 0.2) is 0 Å². The molecule has 0 fully saturated rings. The number of carbonyl (C=O) groups excluding carboxylic acids is 1. The lowest BCUT2D eigenvalue weighted by atomic mass is 10.1. The molecule has 1 aliphatic heterocycles. The van der Waals surface area contributed by atoms with Crippen molar-refractivity contribution in [1.82, 2.24) is 0 Å². The van der Waals surface area contributed by atoms with Gasteiger partial charge in [-0.15, -0.1) is 0 Å². The molecule has 0 aliphatic carbocycles. The summed E-state index contributed by atoms with van der Waals surface area (Å²) in [6.45, 7) is 3.62. The van der Waals surface area contributed by atoms with Crippen LogP contribution < -0.4 is 9.64 Å². The summed E-state index contributed by atoms with van der Waals surface area (Å²) >= 11 is 6.07. The first-order chi connectivity index (χ1) is 9.29. The first-order valence-electron chi connectivity index (χ1n) is 6.42. The quantitative estimate of drug-likeness (QED) is 0.913. The summed E-state index contributed by atoms with van der Waals surface area (Å²) in [7, 11) is 1.72. The summed E-state index contributed by atoms with van der Waals surface area (Å²) in [5, 5.41) is 10.2. The van der Waals surface area contributed by atoms with Gasteiger partial charge in [-0.3, -0.25) is 4.79 Å². The summed E-state index contributed by atoms with van der Waals surface area (Å²) < 4.78 is 5.55. The number of rotatable bonds is 2. The van der Waals surface area contributed by atoms with E-state index < -0.39 is 5.60 Å². The van der Waals surface area contributed by atoms with Crippen LogP contribution in [0.25, 0.3) is 6.08 Å². The molecular weight excluding hydrogens is 278 g/mol. The molecule has 0 aromatic heterocycles. The minimum Gasteiger partial charge on any atom is -0.491 e. The predicted octanol–water partition coefficient (Wildman–Crippen LogP) is 2.78. The van der Waals surface area contributed by atoms with E-state index >= 15 is 0 Å². The highest BCUT2D eigenvalue weighted by Crippen LogP contribution is 2.33. The molecule has 0 saturated heterocycles. The molecule has 1 heterocycles. The fourth-order valence-electron chi connectivity index (χ4n) is 1.88. The number of hydrogen-bond acceptors (Lipinski definition) is 3. The molecule has 0 bridgehead atoms. The molecule has 5 heteroatoms. The van der Waals surface area contributed by atoms with E-state index in [1.807, 2.05) is 18.2 Å². The van der Waals surface area contributed by atoms with E-state index in [-0.39, 0.29) is 5.91 Å². The molecule has 1 aromatic rings. The zero-order valence-corrected chi connectivity index (χ0v) is 12.6. The molecule has 0 radical (unpaired) electrons. The number of amides is 1. The van der Waals surface area contributed by atoms with Crippen molar-refractivity contribution < 1.29 is 14.6 Å². The van der Waals surface area contributed by atoms with E-state index in [2.05, 4.69) is 0 Å². The normalized spacial score (nSPS) is 16.6. The van der Waals surface area contributed by atoms with Crippen LogP contribution in [0.4, 0.5) is 5.69 Å². The van der Waals surface area contributed by atoms with Crippen LogP contribution in [0.3, 0.4) is 0 Å². The molecule has 108 valence electrons. The van der Waals surface area contributed by atoms with Crippen molar-refractivity contribution in [2.75, 3.05) is 18.6 Å². The molecule has 1 aliphatic rings. The number of aliphatic hydroxyl groups is 1. The SMILES string of the molecule is CN1C(=O)CCOc2ccc(/C=C(\Cl)C(C)(C)O)cc21. The van der Waals surface area contributed by atoms with Gasteiger partial charge in [0.2, 0.25) is 5.91 Å². The van der Waals surface area contributed by atoms with Gasteiger partial charge in [0, 0.05) is 12.1 Å². The summed E-state index contributed by atoms with van der Waals surface area (Å²) in [6, 6.07) is 5.48. The summed E-state index contributed by atoms with van der Waals surface area (Å²) in [4.78, 5) is 13.4. The number of anilines is 1. The first-order valence-corrected chi connectivity index (χ1v) is 6.80. The molecule has 0 spiro atoms. The van der Waals surface area contributed by atoms with E-state index in [1.165, 1.54) is 0 Å². The third kappa shape index (κ3) is 3.14. The van der Waals surface area contributed by atoms with E-state index in [0.29, 0.717) is 29.5 Å². The lowest BCUT2D eigenvalue weighted by molar-refractivity contribution is -0.118. The van der Waals surface area contributed by atoms with Gasteiger partial charge in [-0.25, -0.2) is 0 Å². The molecule has 2 rings (SSSR count). The topological polar surface area (TPSA) is 49.8 Å². The van der Waals surface area contributed by atoms with Gasteiger partial charge in [0.25, 0.3) is 0 Å². The Morgan fingerprint density at radius 2 is 2.20 bits per heavy atom. The largest absolute Gasteiger partial charge is 0.491 e. The fourth-order valence-corrected chi connectivity index (χ4v) is 2.01. The number of nitrogens with zero attached hydrogens (tertiary/aromatic N) is 1. The van der Waals surface area contributed by atoms with Crippen molar-refractivity contribution >= 4 is 29.3 Å². The lowest BCUT2D eigenvalue weighted by Gasteiger charge is -2.18. The average molecular weight is 296 g/mol. The van der Waals surface area contributed by atoms with Crippen LogP contribution in [0.15, 0.2) is 23.2 Å². The molecule has 1 N–H and O–H groups in total. The van der Waals surface area contributed by atoms with Gasteiger partial charge in [0.1, 0.15) is 5.75 Å². The Balaban J connectivity index is 2.41. The number of hydrogen-bond donors (Lipinski definition) is 1. The third-order valence-electron chi connectivity index (χ3n) is 3.17. The minimum atomic E-state index is -1.09. The van der Waals surface area contributed by atoms with E-state index in [9.17, 15) is 9.90 Å². The van der Waals surface area contributed by atoms with E-state index in [1.54, 1.807) is 31.9 Å². The number of carbonyl (C=O) groups is 1. The zero-order chi connectivity index (χ0) is 14.9. The van der Waals surface area contributed by atoms with Crippen molar-refractivity contribution in [3.8, 4) is 5.75 Å². The van der Waals surface area contributed by atoms with Crippen LogP contribution in [0, 0.1) is 0 Å². The van der Waals surface area contributed by atoms with Gasteiger partial charge in [-0.05, 0) is 37.6 Å². The van der Waals surface area contributed by atoms with Gasteiger partial charge in [0.05, 0.1) is 24.3 Å². The second-order valence-electron chi connectivity index (χ2n) is 5.33. The Morgan fingerprint density at radius 3 is 2.85 bits per heavy atom. The molecule has 4 nitrogen and oxygen atoms in total. The van der Waals surface area contributed by atoms with Crippen LogP contribution in [0.1, 0.15) is 25.8 Å². The molecule has 0 saturated carbocycles. The van der Waals surface area contributed by atoms with Crippen LogP contribution in [-0.4, -0.2) is 30.3 Å². The maximum absolute atomic E-state index is 11.8. The molecular formula is C15H18ClNO3. The molecule has 1 amide bonds. The van der Waals surface area contributed by atoms with Crippen molar-refractivity contribution in [3.63, 3.8) is 0 Å². The number of ether oxygens (including phenoxy) is 1. The number of benzene rings is 1. The Kier molecular flexibility index (Phi) is 4.06. The third-order valence-corrected chi connectivity index (χ3v) is 3.74. The molecule has 20 heavy (non-hydrogen) atoms. The Morgan fingerprint density at radius 1 is 1.50 bits per heavy atom. The maximum atomic E-state index is 11.8. The standard InChI is InChI=1S/C15H18ClNO3/c1-15(2,19)13(16)9-10-4-5-12-11(8-10)17(3)14(18)6-7-20-12/h4-5,8-9,19H,6-7H2,1-3H3/b13-9-. The molecule has 0 unspecified atom stereocenters. The van der Waals surface area contributed by atoms with Crippen molar-refractivity contribution in [3.05, 3.63) is 28.8 Å². The predicted molar refractivity (Wildman–Crippen MR) is 80.1 cm³/mol. The monoisotopic (exact) mass is 295 g/mol. The van der Waals surface area contributed by atoms with Gasteiger partial charge >= 0.3 is 0 Å². The van der Waals surface area contributed by atoms with Crippen LogP contribution in [0.5, 0.6) is 5.75 Å². The van der Waals surface area contributed by atoms with Gasteiger partial charge in [-0.1, -0.05) is 17.7 Å². The summed E-state index contributed by atoms with van der Waals surface area (Å²) in [6.07, 6.45) is 2.05. The van der Waals surface area contributed by atoms with Crippen molar-refractivity contribution in [1.29, 1.82) is 0 Å². The van der Waals surface area contributed by atoms with E-state index in [0.717, 1.165) is 5.56 Å². The zero-order valence-electron chi connectivity index (χ0n) is 11.8. The number of halogens is 1. The maximum Gasteiger partial charge on any atom is 0.230 e. The second-order valence-corrected chi connectivity index (χ2v) is 5.74. The summed E-state index contributed by atoms with van der Waals surface area (Å²) in [5.41, 5.74) is 0.425. The van der Waals surface area contributed by atoms with Crippen LogP contribution in [-0.2, 0) is 4.79 Å². The average Bonchev–Trinajstić information content (AvgIpc) is 2.50. The first kappa shape index (κ1) is 14.9. The highest BCUT2D eigenvalue weighted by Gasteiger charge is 2.21. The Bertz CT molecular complexity index is 561. The highest BCUT2D eigenvalue weighted by atomic mass is 35.5. The molecule has 1 aromatic carbocycles. The highest BCUT2D eigenvalue weighted by molar-refractivity contribution is 6.32. The summed E-state index contributed by atoms with van der Waals surface area (Å²) in [5.74, 6) is 0.688. The van der Waals surface area contributed by atoms with Crippen molar-refractivity contribution in [2.24, 2.45) is 0 Å². The second kappa shape index (κ2) is 5.46.